The van der Waals surface area contributed by atoms with Gasteiger partial charge in [0.25, 0.3) is 0 Å². The van der Waals surface area contributed by atoms with Crippen molar-refractivity contribution in [1.29, 1.82) is 0 Å². The highest BCUT2D eigenvalue weighted by atomic mass is 16.5. The van der Waals surface area contributed by atoms with Crippen LogP contribution in [0.2, 0.25) is 0 Å². The maximum absolute atomic E-state index is 10.1. The van der Waals surface area contributed by atoms with Crippen LogP contribution in [-0.4, -0.2) is 16.8 Å². The van der Waals surface area contributed by atoms with Gasteiger partial charge in [0.05, 0.1) is 30.4 Å². The van der Waals surface area contributed by atoms with Gasteiger partial charge < -0.3 is 24.2 Å². The van der Waals surface area contributed by atoms with Crippen molar-refractivity contribution in [3.8, 4) is 11.4 Å². The van der Waals surface area contributed by atoms with Crippen molar-refractivity contribution in [2.75, 3.05) is 16.9 Å². The van der Waals surface area contributed by atoms with Crippen molar-refractivity contribution < 1.29 is 9.84 Å². The van der Waals surface area contributed by atoms with Gasteiger partial charge in [-0.25, -0.2) is 0 Å². The van der Waals surface area contributed by atoms with Gasteiger partial charge in [0.1, 0.15) is 5.75 Å². The normalized spacial score (nSPS) is 11.5. The van der Waals surface area contributed by atoms with Gasteiger partial charge in [0, 0.05) is 56.3 Å². The molecule has 0 aliphatic heterocycles. The molecular formula is C54H43N3O2. The minimum absolute atomic E-state index is 0.0264. The van der Waals surface area contributed by atoms with E-state index in [1.54, 1.807) is 7.11 Å². The van der Waals surface area contributed by atoms with Crippen molar-refractivity contribution in [1.82, 2.24) is 4.57 Å². The van der Waals surface area contributed by atoms with Gasteiger partial charge in [-0.3, -0.25) is 0 Å². The molecule has 0 fully saturated rings. The maximum Gasteiger partial charge on any atom is 0.120 e. The minimum atomic E-state index is -0.0264. The van der Waals surface area contributed by atoms with Crippen molar-refractivity contribution in [2.24, 2.45) is 0 Å². The lowest BCUT2D eigenvalue weighted by Gasteiger charge is -2.26. The van der Waals surface area contributed by atoms with Gasteiger partial charge in [-0.05, 0) is 138 Å². The predicted molar refractivity (Wildman–Crippen MR) is 247 cm³/mol. The highest BCUT2D eigenvalue weighted by molar-refractivity contribution is 6.15. The average Bonchev–Trinajstić information content (AvgIpc) is 3.57. The zero-order chi connectivity index (χ0) is 40.0. The van der Waals surface area contributed by atoms with Gasteiger partial charge >= 0.3 is 0 Å². The fourth-order valence-electron chi connectivity index (χ4n) is 8.65. The molecular weight excluding hydrogens is 723 g/mol. The molecule has 5 heteroatoms. The Kier molecular flexibility index (Phi) is 9.08. The lowest BCUT2D eigenvalue weighted by Crippen LogP contribution is -2.10. The third-order valence-electron chi connectivity index (χ3n) is 11.4. The molecule has 0 aliphatic carbocycles. The van der Waals surface area contributed by atoms with Crippen LogP contribution >= 0.6 is 0 Å². The zero-order valence-corrected chi connectivity index (χ0v) is 33.3. The molecule has 0 saturated heterocycles. The Morgan fingerprint density at radius 3 is 1.76 bits per heavy atom. The summed E-state index contributed by atoms with van der Waals surface area (Å²) >= 11 is 0. The second-order valence-electron chi connectivity index (χ2n) is 15.3. The first-order valence-electron chi connectivity index (χ1n) is 20.0. The second-order valence-corrected chi connectivity index (χ2v) is 15.3. The number of aliphatic hydroxyl groups excluding tert-OH is 1. The highest BCUT2D eigenvalue weighted by Gasteiger charge is 2.21. The van der Waals surface area contributed by atoms with Gasteiger partial charge in [0.15, 0.2) is 0 Å². The molecule has 1 heterocycles. The molecule has 286 valence electrons. The monoisotopic (exact) mass is 765 g/mol. The number of hydrogen-bond donors (Lipinski definition) is 1. The maximum atomic E-state index is 10.1. The number of rotatable bonds is 9. The highest BCUT2D eigenvalue weighted by Crippen LogP contribution is 2.43. The van der Waals surface area contributed by atoms with Crippen molar-refractivity contribution >= 4 is 77.5 Å². The number of anilines is 6. The van der Waals surface area contributed by atoms with Crippen molar-refractivity contribution in [3.63, 3.8) is 0 Å². The van der Waals surface area contributed by atoms with E-state index in [0.717, 1.165) is 67.5 Å². The molecule has 5 nitrogen and oxygen atoms in total. The summed E-state index contributed by atoms with van der Waals surface area (Å²) in [4.78, 5) is 4.59. The molecule has 10 aromatic rings. The average molecular weight is 766 g/mol. The van der Waals surface area contributed by atoms with Crippen LogP contribution in [0.15, 0.2) is 188 Å². The van der Waals surface area contributed by atoms with E-state index in [4.69, 9.17) is 4.74 Å². The van der Waals surface area contributed by atoms with E-state index in [2.05, 4.69) is 192 Å². The summed E-state index contributed by atoms with van der Waals surface area (Å²) < 4.78 is 8.13. The number of methoxy groups -OCH3 is 1. The quantitative estimate of drug-likeness (QED) is 0.159. The van der Waals surface area contributed by atoms with E-state index < -0.39 is 0 Å². The summed E-state index contributed by atoms with van der Waals surface area (Å²) in [5, 5.41) is 17.2. The molecule has 1 N–H and O–H groups in total. The molecule has 0 saturated carbocycles. The molecule has 0 atom stereocenters. The number of aliphatic hydroxyl groups is 1. The first kappa shape index (κ1) is 36.0. The second kappa shape index (κ2) is 14.9. The molecule has 0 aliphatic rings. The van der Waals surface area contributed by atoms with E-state index in [-0.39, 0.29) is 6.61 Å². The third-order valence-corrected chi connectivity index (χ3v) is 11.4. The van der Waals surface area contributed by atoms with Gasteiger partial charge in [-0.15, -0.1) is 0 Å². The molecule has 10 rings (SSSR count). The minimum Gasteiger partial charge on any atom is -0.497 e. The van der Waals surface area contributed by atoms with E-state index in [9.17, 15) is 5.11 Å². The number of fused-ring (bicyclic) bond motifs is 5. The Labute approximate surface area is 344 Å². The van der Waals surface area contributed by atoms with Crippen LogP contribution in [0.25, 0.3) is 49.0 Å². The summed E-state index contributed by atoms with van der Waals surface area (Å²) in [6, 6.07) is 67.2. The van der Waals surface area contributed by atoms with Crippen LogP contribution in [0.4, 0.5) is 34.1 Å². The first-order chi connectivity index (χ1) is 28.9. The van der Waals surface area contributed by atoms with Crippen LogP contribution in [0.1, 0.15) is 16.7 Å². The molecule has 0 spiro atoms. The van der Waals surface area contributed by atoms with Crippen molar-refractivity contribution in [3.05, 3.63) is 205 Å². The lowest BCUT2D eigenvalue weighted by molar-refractivity contribution is 0.282. The van der Waals surface area contributed by atoms with Crippen LogP contribution in [-0.2, 0) is 6.61 Å². The van der Waals surface area contributed by atoms with Crippen LogP contribution < -0.4 is 14.5 Å². The predicted octanol–water partition coefficient (Wildman–Crippen LogP) is 14.1. The fraction of sp³-hybridized carbons (Fsp3) is 0.0741. The number of hydrogen-bond acceptors (Lipinski definition) is 4. The first-order valence-corrected chi connectivity index (χ1v) is 20.0. The molecule has 59 heavy (non-hydrogen) atoms. The molecule has 0 amide bonds. The Morgan fingerprint density at radius 1 is 0.441 bits per heavy atom. The van der Waals surface area contributed by atoms with Gasteiger partial charge in [-0.1, -0.05) is 91.0 Å². The fourth-order valence-corrected chi connectivity index (χ4v) is 8.65. The number of aryl methyl sites for hydroxylation is 2. The summed E-state index contributed by atoms with van der Waals surface area (Å²) in [5.41, 5.74) is 12.8. The third kappa shape index (κ3) is 6.52. The number of nitrogens with zero attached hydrogens (tertiary/aromatic N) is 3. The summed E-state index contributed by atoms with van der Waals surface area (Å²) in [6.45, 7) is 4.23. The smallest absolute Gasteiger partial charge is 0.120 e. The Balaban J connectivity index is 1.24. The molecule has 1 aromatic heterocycles. The van der Waals surface area contributed by atoms with E-state index in [0.29, 0.717) is 0 Å². The topological polar surface area (TPSA) is 40.9 Å². The molecule has 0 unspecified atom stereocenters. The summed E-state index contributed by atoms with van der Waals surface area (Å²) in [5.74, 6) is 0.809. The van der Waals surface area contributed by atoms with E-state index in [1.807, 2.05) is 24.3 Å². The largest absolute Gasteiger partial charge is 0.497 e. The number of aromatic nitrogens is 1. The molecule has 0 radical (unpaired) electrons. The number of benzene rings is 9. The zero-order valence-electron chi connectivity index (χ0n) is 33.3. The van der Waals surface area contributed by atoms with Crippen LogP contribution in [0, 0.1) is 13.8 Å². The van der Waals surface area contributed by atoms with Crippen LogP contribution in [0.3, 0.4) is 0 Å². The Bertz CT molecular complexity index is 3190. The number of ether oxygens (including phenoxy) is 1. The van der Waals surface area contributed by atoms with Crippen LogP contribution in [0.5, 0.6) is 5.75 Å². The van der Waals surface area contributed by atoms with E-state index in [1.165, 1.54) is 38.1 Å². The Hall–Kier alpha value is -7.34. The van der Waals surface area contributed by atoms with E-state index >= 15 is 0 Å². The Morgan fingerprint density at radius 2 is 1.03 bits per heavy atom. The standard InChI is InChI=1S/C54H43N3O2/c1-36-11-6-16-42(27-36)55(44-18-8-13-38(29-44)35-58)47-25-26-50-51-31-40-23-24-46(56(43-17-7-12-37(2)28-43)45-19-10-20-48(33-45)59-3)30-41(40)32-53(51)57(54(50)34-47)52-22-9-15-39-14-4-5-21-49(39)52/h4-34,58H,35H2,1-3H3. The van der Waals surface area contributed by atoms with Gasteiger partial charge in [0.2, 0.25) is 0 Å². The molecule has 0 bridgehead atoms. The summed E-state index contributed by atoms with van der Waals surface area (Å²) in [7, 11) is 1.71. The SMILES string of the molecule is COc1cccc(N(c2cccc(C)c2)c2ccc3cc4c5ccc(N(c6cccc(C)c6)c6cccc(CO)c6)cc5n(-c5cccc6ccccc56)c4cc3c2)c1. The molecule has 9 aromatic carbocycles. The lowest BCUT2D eigenvalue weighted by atomic mass is 10.0. The van der Waals surface area contributed by atoms with Crippen molar-refractivity contribution in [2.45, 2.75) is 20.5 Å². The summed E-state index contributed by atoms with van der Waals surface area (Å²) in [6.07, 6.45) is 0. The van der Waals surface area contributed by atoms with Gasteiger partial charge in [-0.2, -0.15) is 0 Å².